The monoisotopic (exact) mass is 489 g/mol. The molecule has 7 nitrogen and oxygen atoms in total. The molecule has 0 bridgehead atoms. The molecule has 1 aliphatic carbocycles. The van der Waals surface area contributed by atoms with Gasteiger partial charge in [-0.2, -0.15) is 0 Å². The Balaban J connectivity index is 1.73. The highest BCUT2D eigenvalue weighted by atomic mass is 32.1. The van der Waals surface area contributed by atoms with Crippen molar-refractivity contribution in [2.24, 2.45) is 5.92 Å². The lowest BCUT2D eigenvalue weighted by atomic mass is 9.84. The van der Waals surface area contributed by atoms with Crippen LogP contribution in [-0.4, -0.2) is 47.9 Å². The van der Waals surface area contributed by atoms with Crippen LogP contribution in [0.15, 0.2) is 24.4 Å². The van der Waals surface area contributed by atoms with Crippen molar-refractivity contribution in [1.82, 2.24) is 15.2 Å². The van der Waals surface area contributed by atoms with Gasteiger partial charge in [-0.1, -0.05) is 46.0 Å². The van der Waals surface area contributed by atoms with Crippen LogP contribution in [0.5, 0.6) is 0 Å². The number of hydrogen-bond donors (Lipinski definition) is 3. The van der Waals surface area contributed by atoms with E-state index < -0.39 is 17.8 Å². The van der Waals surface area contributed by atoms with Gasteiger partial charge in [0.25, 0.3) is 5.91 Å². The molecule has 1 fully saturated rings. The molecule has 0 aliphatic heterocycles. The first-order chi connectivity index (χ1) is 16.4. The second-order valence-corrected chi connectivity index (χ2v) is 9.90. The highest BCUT2D eigenvalue weighted by molar-refractivity contribution is 7.15. The predicted octanol–water partition coefficient (Wildman–Crippen LogP) is 4.87. The quantitative estimate of drug-likeness (QED) is 0.419. The van der Waals surface area contributed by atoms with E-state index in [0.717, 1.165) is 50.2 Å². The first kappa shape index (κ1) is 26.1. The van der Waals surface area contributed by atoms with Gasteiger partial charge in [-0.05, 0) is 43.6 Å². The first-order valence-electron chi connectivity index (χ1n) is 12.2. The number of aromatic nitrogens is 1. The van der Waals surface area contributed by atoms with Crippen molar-refractivity contribution in [2.45, 2.75) is 65.0 Å². The van der Waals surface area contributed by atoms with Gasteiger partial charge < -0.3 is 16.0 Å². The van der Waals surface area contributed by atoms with E-state index in [4.69, 9.17) is 0 Å². The summed E-state index contributed by atoms with van der Waals surface area (Å²) in [5.74, 6) is -0.886. The Morgan fingerprint density at radius 3 is 2.62 bits per heavy atom. The van der Waals surface area contributed by atoms with Crippen LogP contribution in [0.2, 0.25) is 0 Å². The Kier molecular flexibility index (Phi) is 9.83. The fourth-order valence-corrected chi connectivity index (χ4v) is 5.30. The van der Waals surface area contributed by atoms with E-state index in [1.165, 1.54) is 36.0 Å². The summed E-state index contributed by atoms with van der Waals surface area (Å²) in [5, 5.41) is 9.21. The van der Waals surface area contributed by atoms with Crippen LogP contribution in [0.1, 0.15) is 67.6 Å². The van der Waals surface area contributed by atoms with Crippen LogP contribution in [0, 0.1) is 11.7 Å². The first-order valence-corrected chi connectivity index (χ1v) is 13.0. The van der Waals surface area contributed by atoms with E-state index in [1.807, 2.05) is 0 Å². The molecule has 34 heavy (non-hydrogen) atoms. The lowest BCUT2D eigenvalue weighted by Gasteiger charge is -2.26. The molecule has 9 heteroatoms. The number of anilines is 2. The van der Waals surface area contributed by atoms with Crippen molar-refractivity contribution < 1.29 is 14.0 Å². The lowest BCUT2D eigenvalue weighted by Crippen LogP contribution is -2.45. The number of amides is 2. The third-order valence-electron chi connectivity index (χ3n) is 6.47. The number of carbonyl (C=O) groups is 2. The molecule has 1 unspecified atom stereocenters. The minimum atomic E-state index is -0.723. The summed E-state index contributed by atoms with van der Waals surface area (Å²) in [6.45, 7) is 6.91. The van der Waals surface area contributed by atoms with Gasteiger partial charge in [0, 0.05) is 30.4 Å². The highest BCUT2D eigenvalue weighted by Gasteiger charge is 2.28. The van der Waals surface area contributed by atoms with Gasteiger partial charge in [0.2, 0.25) is 5.91 Å². The Bertz CT molecular complexity index is 957. The van der Waals surface area contributed by atoms with Gasteiger partial charge in [0.15, 0.2) is 5.13 Å². The zero-order valence-corrected chi connectivity index (χ0v) is 21.1. The van der Waals surface area contributed by atoms with E-state index in [-0.39, 0.29) is 11.5 Å². The molecule has 2 amide bonds. The molecule has 1 saturated carbocycles. The molecule has 3 rings (SSSR count). The van der Waals surface area contributed by atoms with E-state index in [0.29, 0.717) is 23.2 Å². The summed E-state index contributed by atoms with van der Waals surface area (Å²) in [6.07, 6.45) is 7.94. The van der Waals surface area contributed by atoms with Gasteiger partial charge in [-0.15, -0.1) is 11.3 Å². The van der Waals surface area contributed by atoms with Crippen LogP contribution in [0.4, 0.5) is 15.2 Å². The van der Waals surface area contributed by atoms with Gasteiger partial charge in [-0.3, -0.25) is 14.5 Å². The van der Waals surface area contributed by atoms with Crippen LogP contribution < -0.4 is 16.0 Å². The summed E-state index contributed by atoms with van der Waals surface area (Å²) in [6, 6.07) is 3.29. The molecule has 186 valence electrons. The Hall–Kier alpha value is -2.52. The minimum absolute atomic E-state index is 0.180. The molecular formula is C25H36FN5O2S. The highest BCUT2D eigenvalue weighted by Crippen LogP contribution is 2.28. The molecule has 3 N–H and O–H groups in total. The second kappa shape index (κ2) is 12.8. The number of hydrogen-bond acceptors (Lipinski definition) is 6. The maximum absolute atomic E-state index is 13.8. The number of benzene rings is 1. The molecule has 1 aromatic heterocycles. The number of nitrogens with one attached hydrogen (secondary N) is 3. The van der Waals surface area contributed by atoms with E-state index >= 15 is 0 Å². The second-order valence-electron chi connectivity index (χ2n) is 8.79. The number of nitrogens with zero attached hydrogens (tertiary/aromatic N) is 2. The van der Waals surface area contributed by atoms with Crippen molar-refractivity contribution in [3.8, 4) is 0 Å². The minimum Gasteiger partial charge on any atom is -0.387 e. The summed E-state index contributed by atoms with van der Waals surface area (Å²) in [5.41, 5.74) is 0.691. The van der Waals surface area contributed by atoms with Gasteiger partial charge in [0.05, 0.1) is 5.56 Å². The Morgan fingerprint density at radius 1 is 1.21 bits per heavy atom. The Morgan fingerprint density at radius 2 is 1.94 bits per heavy atom. The maximum atomic E-state index is 13.8. The SMILES string of the molecule is CCN(CC)Cc1cnc(NC(=O)C(CC2CCCCC2)NC(=O)c2cc(F)ccc2NC)s1. The largest absolute Gasteiger partial charge is 0.387 e. The van der Waals surface area contributed by atoms with Crippen molar-refractivity contribution in [2.75, 3.05) is 30.8 Å². The van der Waals surface area contributed by atoms with Crippen LogP contribution in [-0.2, 0) is 11.3 Å². The van der Waals surface area contributed by atoms with Gasteiger partial charge in [0.1, 0.15) is 11.9 Å². The van der Waals surface area contributed by atoms with Crippen molar-refractivity contribution in [3.05, 3.63) is 40.7 Å². The van der Waals surface area contributed by atoms with Crippen LogP contribution >= 0.6 is 11.3 Å². The molecule has 1 aromatic carbocycles. The van der Waals surface area contributed by atoms with Gasteiger partial charge >= 0.3 is 0 Å². The molecule has 1 aliphatic rings. The number of carbonyl (C=O) groups excluding carboxylic acids is 2. The third kappa shape index (κ3) is 7.24. The standard InChI is InChI=1S/C25H36FN5O2S/c1-4-31(5-2)16-19-15-28-25(34-19)30-24(33)22(13-17-9-7-6-8-10-17)29-23(32)20-14-18(26)11-12-21(20)27-3/h11-12,14-15,17,22,27H,4-10,13,16H2,1-3H3,(H,29,32)(H,28,30,33). The zero-order valence-electron chi connectivity index (χ0n) is 20.3. The zero-order chi connectivity index (χ0) is 24.5. The number of thiazole rings is 1. The Labute approximate surface area is 205 Å². The molecule has 0 radical (unpaired) electrons. The molecule has 2 aromatic rings. The summed E-state index contributed by atoms with van der Waals surface area (Å²) in [4.78, 5) is 34.0. The van der Waals surface area contributed by atoms with Gasteiger partial charge in [-0.25, -0.2) is 9.37 Å². The third-order valence-corrected chi connectivity index (χ3v) is 7.37. The summed E-state index contributed by atoms with van der Waals surface area (Å²) >= 11 is 1.45. The van der Waals surface area contributed by atoms with E-state index in [9.17, 15) is 14.0 Å². The molecule has 0 spiro atoms. The van der Waals surface area contributed by atoms with Crippen LogP contribution in [0.3, 0.4) is 0 Å². The van der Waals surface area contributed by atoms with Crippen molar-refractivity contribution in [1.29, 1.82) is 0 Å². The topological polar surface area (TPSA) is 86.4 Å². The average Bonchev–Trinajstić information content (AvgIpc) is 3.29. The molecule has 0 saturated heterocycles. The molecule has 1 heterocycles. The summed E-state index contributed by atoms with van der Waals surface area (Å²) < 4.78 is 13.8. The van der Waals surface area contributed by atoms with Crippen molar-refractivity contribution >= 4 is 34.0 Å². The van der Waals surface area contributed by atoms with E-state index in [1.54, 1.807) is 13.2 Å². The fourth-order valence-electron chi connectivity index (χ4n) is 4.44. The average molecular weight is 490 g/mol. The number of rotatable bonds is 11. The predicted molar refractivity (Wildman–Crippen MR) is 136 cm³/mol. The van der Waals surface area contributed by atoms with Crippen molar-refractivity contribution in [3.63, 3.8) is 0 Å². The smallest absolute Gasteiger partial charge is 0.254 e. The summed E-state index contributed by atoms with van der Waals surface area (Å²) in [7, 11) is 1.68. The number of halogens is 1. The van der Waals surface area contributed by atoms with Crippen LogP contribution in [0.25, 0.3) is 0 Å². The normalized spacial score (nSPS) is 15.2. The van der Waals surface area contributed by atoms with E-state index in [2.05, 4.69) is 39.7 Å². The molecular weight excluding hydrogens is 453 g/mol. The lowest BCUT2D eigenvalue weighted by molar-refractivity contribution is -0.118. The fraction of sp³-hybridized carbons (Fsp3) is 0.560. The molecule has 1 atom stereocenters. The maximum Gasteiger partial charge on any atom is 0.254 e.